The highest BCUT2D eigenvalue weighted by molar-refractivity contribution is 6.06. The van der Waals surface area contributed by atoms with Crippen molar-refractivity contribution in [3.8, 4) is 0 Å². The van der Waals surface area contributed by atoms with Crippen LogP contribution < -0.4 is 16.8 Å². The van der Waals surface area contributed by atoms with Crippen LogP contribution in [0.2, 0.25) is 0 Å². The molecule has 1 aromatic carbocycles. The summed E-state index contributed by atoms with van der Waals surface area (Å²) >= 11 is 0. The van der Waals surface area contributed by atoms with E-state index in [9.17, 15) is 4.79 Å². The van der Waals surface area contributed by atoms with Crippen molar-refractivity contribution in [2.45, 2.75) is 19.4 Å². The molecule has 0 saturated carbocycles. The molecule has 0 aliphatic carbocycles. The van der Waals surface area contributed by atoms with Crippen LogP contribution in [0.5, 0.6) is 0 Å². The average Bonchev–Trinajstić information content (AvgIpc) is 2.43. The van der Waals surface area contributed by atoms with Crippen molar-refractivity contribution in [3.63, 3.8) is 0 Å². The molecular weight excluding hydrogens is 240 g/mol. The van der Waals surface area contributed by atoms with Gasteiger partial charge in [0.2, 0.25) is 5.91 Å². The van der Waals surface area contributed by atoms with E-state index in [1.807, 2.05) is 31.2 Å². The van der Waals surface area contributed by atoms with Gasteiger partial charge in [-0.25, -0.2) is 4.98 Å². The fraction of sp³-hybridized carbons (Fsp3) is 0.286. The lowest BCUT2D eigenvalue weighted by Gasteiger charge is -2.16. The zero-order valence-corrected chi connectivity index (χ0v) is 10.9. The Morgan fingerprint density at radius 3 is 2.79 bits per heavy atom. The first-order valence-electron chi connectivity index (χ1n) is 6.32. The van der Waals surface area contributed by atoms with Crippen LogP contribution in [-0.4, -0.2) is 23.5 Å². The highest BCUT2D eigenvalue weighted by Gasteiger charge is 2.11. The number of amides is 1. The molecule has 2 rings (SSSR count). The Morgan fingerprint density at radius 2 is 2.16 bits per heavy atom. The highest BCUT2D eigenvalue weighted by atomic mass is 16.1. The van der Waals surface area contributed by atoms with Crippen LogP contribution in [0.4, 0.5) is 5.82 Å². The van der Waals surface area contributed by atoms with Crippen LogP contribution in [0.25, 0.3) is 10.9 Å². The van der Waals surface area contributed by atoms with Crippen molar-refractivity contribution in [1.82, 2.24) is 4.98 Å². The number of nitrogens with two attached hydrogens (primary N) is 2. The summed E-state index contributed by atoms with van der Waals surface area (Å²) < 4.78 is 0. The van der Waals surface area contributed by atoms with Crippen molar-refractivity contribution < 1.29 is 4.79 Å². The maximum Gasteiger partial charge on any atom is 0.249 e. The predicted octanol–water partition coefficient (Wildman–Crippen LogP) is 1.48. The molecule has 5 heteroatoms. The van der Waals surface area contributed by atoms with Crippen molar-refractivity contribution in [3.05, 3.63) is 35.9 Å². The van der Waals surface area contributed by atoms with E-state index in [2.05, 4.69) is 10.3 Å². The third kappa shape index (κ3) is 2.82. The molecule has 2 aromatic rings. The van der Waals surface area contributed by atoms with Gasteiger partial charge < -0.3 is 16.8 Å². The van der Waals surface area contributed by atoms with E-state index in [-0.39, 0.29) is 6.04 Å². The molecule has 0 radical (unpaired) electrons. The number of hydrogen-bond donors (Lipinski definition) is 3. The maximum absolute atomic E-state index is 11.5. The number of anilines is 1. The van der Waals surface area contributed by atoms with E-state index in [1.165, 1.54) is 0 Å². The van der Waals surface area contributed by atoms with Crippen molar-refractivity contribution in [2.75, 3.05) is 11.9 Å². The van der Waals surface area contributed by atoms with Gasteiger partial charge in [0.1, 0.15) is 5.82 Å². The first-order valence-corrected chi connectivity index (χ1v) is 6.32. The third-order valence-corrected chi connectivity index (χ3v) is 3.11. The Kier molecular flexibility index (Phi) is 3.97. The molecule has 1 heterocycles. The molecule has 19 heavy (non-hydrogen) atoms. The summed E-state index contributed by atoms with van der Waals surface area (Å²) in [4.78, 5) is 16.0. The highest BCUT2D eigenvalue weighted by Crippen LogP contribution is 2.21. The summed E-state index contributed by atoms with van der Waals surface area (Å²) in [5.41, 5.74) is 12.3. The fourth-order valence-corrected chi connectivity index (χ4v) is 1.99. The Morgan fingerprint density at radius 1 is 1.42 bits per heavy atom. The number of pyridine rings is 1. The van der Waals surface area contributed by atoms with E-state index in [0.29, 0.717) is 17.9 Å². The molecule has 1 amide bonds. The fourth-order valence-electron chi connectivity index (χ4n) is 1.99. The number of hydrogen-bond acceptors (Lipinski definition) is 4. The molecule has 0 aliphatic rings. The standard InChI is InChI=1S/C14H18N4O/c1-2-9(8-15)17-13-7-11(14(16)19)10-5-3-4-6-12(10)18-13/h3-7,9H,2,8,15H2,1H3,(H2,16,19)(H,17,18). The van der Waals surface area contributed by atoms with E-state index in [0.717, 1.165) is 17.3 Å². The lowest BCUT2D eigenvalue weighted by atomic mass is 10.1. The summed E-state index contributed by atoms with van der Waals surface area (Å²) in [6, 6.07) is 9.25. The second-order valence-electron chi connectivity index (χ2n) is 4.42. The smallest absolute Gasteiger partial charge is 0.249 e. The SMILES string of the molecule is CCC(CN)Nc1cc(C(N)=O)c2ccccc2n1. The molecule has 1 atom stereocenters. The third-order valence-electron chi connectivity index (χ3n) is 3.11. The van der Waals surface area contributed by atoms with Gasteiger partial charge in [-0.3, -0.25) is 4.79 Å². The largest absolute Gasteiger partial charge is 0.366 e. The summed E-state index contributed by atoms with van der Waals surface area (Å²) in [6.07, 6.45) is 0.886. The van der Waals surface area contributed by atoms with Crippen LogP contribution in [0.15, 0.2) is 30.3 Å². The van der Waals surface area contributed by atoms with E-state index in [4.69, 9.17) is 11.5 Å². The van der Waals surface area contributed by atoms with Gasteiger partial charge in [0.25, 0.3) is 0 Å². The molecule has 5 nitrogen and oxygen atoms in total. The van der Waals surface area contributed by atoms with E-state index in [1.54, 1.807) is 6.07 Å². The normalized spacial score (nSPS) is 12.3. The number of primary amides is 1. The second-order valence-corrected chi connectivity index (χ2v) is 4.42. The monoisotopic (exact) mass is 258 g/mol. The van der Waals surface area contributed by atoms with Crippen LogP contribution in [0.1, 0.15) is 23.7 Å². The minimum atomic E-state index is -0.456. The number of nitrogens with one attached hydrogen (secondary N) is 1. The molecule has 0 aliphatic heterocycles. The molecular formula is C14H18N4O. The first kappa shape index (κ1) is 13.3. The summed E-state index contributed by atoms with van der Waals surface area (Å²) in [6.45, 7) is 2.55. The molecule has 1 unspecified atom stereocenters. The molecule has 0 spiro atoms. The van der Waals surface area contributed by atoms with Crippen LogP contribution in [-0.2, 0) is 0 Å². The van der Waals surface area contributed by atoms with E-state index >= 15 is 0 Å². The van der Waals surface area contributed by atoms with Gasteiger partial charge in [-0.1, -0.05) is 25.1 Å². The van der Waals surface area contributed by atoms with Gasteiger partial charge in [-0.2, -0.15) is 0 Å². The average molecular weight is 258 g/mol. The van der Waals surface area contributed by atoms with Gasteiger partial charge in [0, 0.05) is 18.0 Å². The number of rotatable bonds is 5. The molecule has 1 aromatic heterocycles. The number of carbonyl (C=O) groups excluding carboxylic acids is 1. The second kappa shape index (κ2) is 5.67. The van der Waals surface area contributed by atoms with Crippen molar-refractivity contribution in [1.29, 1.82) is 0 Å². The van der Waals surface area contributed by atoms with Gasteiger partial charge >= 0.3 is 0 Å². The summed E-state index contributed by atoms with van der Waals surface area (Å²) in [5, 5.41) is 3.99. The zero-order chi connectivity index (χ0) is 13.8. The molecule has 100 valence electrons. The van der Waals surface area contributed by atoms with Crippen LogP contribution >= 0.6 is 0 Å². The number of benzene rings is 1. The number of carbonyl (C=O) groups is 1. The summed E-state index contributed by atoms with van der Waals surface area (Å²) in [5.74, 6) is 0.173. The Labute approximate surface area is 112 Å². The van der Waals surface area contributed by atoms with Gasteiger partial charge in [-0.15, -0.1) is 0 Å². The number of aromatic nitrogens is 1. The lowest BCUT2D eigenvalue weighted by molar-refractivity contribution is 0.100. The number of nitrogens with zero attached hydrogens (tertiary/aromatic N) is 1. The number of fused-ring (bicyclic) bond motifs is 1. The van der Waals surface area contributed by atoms with E-state index < -0.39 is 5.91 Å². The quantitative estimate of drug-likeness (QED) is 0.757. The first-order chi connectivity index (χ1) is 9.15. The minimum absolute atomic E-state index is 0.134. The van der Waals surface area contributed by atoms with Crippen LogP contribution in [0.3, 0.4) is 0 Å². The molecule has 0 saturated heterocycles. The Bertz CT molecular complexity index is 593. The minimum Gasteiger partial charge on any atom is -0.366 e. The summed E-state index contributed by atoms with van der Waals surface area (Å²) in [7, 11) is 0. The van der Waals surface area contributed by atoms with Gasteiger partial charge in [0.15, 0.2) is 0 Å². The molecule has 0 bridgehead atoms. The molecule has 5 N–H and O–H groups in total. The van der Waals surface area contributed by atoms with Crippen LogP contribution in [0, 0.1) is 0 Å². The van der Waals surface area contributed by atoms with Gasteiger partial charge in [-0.05, 0) is 18.6 Å². The Balaban J connectivity index is 2.49. The lowest BCUT2D eigenvalue weighted by Crippen LogP contribution is -2.28. The topological polar surface area (TPSA) is 94.0 Å². The Hall–Kier alpha value is -2.14. The van der Waals surface area contributed by atoms with Crippen molar-refractivity contribution >= 4 is 22.6 Å². The molecule has 0 fully saturated rings. The zero-order valence-electron chi connectivity index (χ0n) is 10.9. The van der Waals surface area contributed by atoms with Crippen molar-refractivity contribution in [2.24, 2.45) is 11.5 Å². The predicted molar refractivity (Wildman–Crippen MR) is 77.0 cm³/mol. The number of para-hydroxylation sites is 1. The van der Waals surface area contributed by atoms with Gasteiger partial charge in [0.05, 0.1) is 11.1 Å². The maximum atomic E-state index is 11.5.